The summed E-state index contributed by atoms with van der Waals surface area (Å²) in [5.41, 5.74) is 0. The van der Waals surface area contributed by atoms with Crippen LogP contribution in [0.2, 0.25) is 0 Å². The second-order valence-electron chi connectivity index (χ2n) is 3.60. The summed E-state index contributed by atoms with van der Waals surface area (Å²) in [4.78, 5) is 11.3. The third kappa shape index (κ3) is 2.07. The zero-order chi connectivity index (χ0) is 10.8. The highest BCUT2D eigenvalue weighted by molar-refractivity contribution is 5.88. The molecule has 1 amide bonds. The fourth-order valence-corrected chi connectivity index (χ4v) is 1.40. The normalized spacial score (nSPS) is 26.9. The number of hydrogen-bond acceptors (Lipinski definition) is 3. The van der Waals surface area contributed by atoms with Crippen LogP contribution in [0.3, 0.4) is 0 Å². The van der Waals surface area contributed by atoms with Gasteiger partial charge >= 0.3 is 0 Å². The molecular formula is C10H17NO3. The number of carbonyl (C=O) groups excluding carboxylic acids is 1. The van der Waals surface area contributed by atoms with Crippen LogP contribution in [0, 0.1) is 5.92 Å². The molecule has 4 nitrogen and oxygen atoms in total. The average molecular weight is 199 g/mol. The Labute approximate surface area is 84.3 Å². The van der Waals surface area contributed by atoms with Crippen LogP contribution >= 0.6 is 0 Å². The second-order valence-corrected chi connectivity index (χ2v) is 3.60. The van der Waals surface area contributed by atoms with Gasteiger partial charge in [-0.2, -0.15) is 0 Å². The second kappa shape index (κ2) is 4.00. The predicted molar refractivity (Wildman–Crippen MR) is 52.2 cm³/mol. The van der Waals surface area contributed by atoms with Crippen LogP contribution in [0.5, 0.6) is 0 Å². The molecule has 0 aromatic heterocycles. The van der Waals surface area contributed by atoms with Crippen molar-refractivity contribution in [3.8, 4) is 0 Å². The number of nitrogens with one attached hydrogen (secondary N) is 1. The lowest BCUT2D eigenvalue weighted by atomic mass is 10.1. The molecule has 0 spiro atoms. The molecule has 0 saturated carbocycles. The highest BCUT2D eigenvalue weighted by atomic mass is 16.7. The Hall–Kier alpha value is -1.03. The van der Waals surface area contributed by atoms with Gasteiger partial charge in [-0.3, -0.25) is 10.1 Å². The van der Waals surface area contributed by atoms with Crippen LogP contribution in [0.1, 0.15) is 27.7 Å². The molecule has 0 saturated heterocycles. The molecule has 0 aromatic rings. The van der Waals surface area contributed by atoms with E-state index in [4.69, 9.17) is 9.47 Å². The fourth-order valence-electron chi connectivity index (χ4n) is 1.40. The number of rotatable bonds is 3. The van der Waals surface area contributed by atoms with Crippen LogP contribution in [-0.4, -0.2) is 18.4 Å². The van der Waals surface area contributed by atoms with Crippen molar-refractivity contribution >= 4 is 5.91 Å². The minimum atomic E-state index is -0.995. The molecule has 0 aromatic carbocycles. The van der Waals surface area contributed by atoms with E-state index in [9.17, 15) is 4.79 Å². The van der Waals surface area contributed by atoms with Crippen molar-refractivity contribution in [3.63, 3.8) is 0 Å². The Morgan fingerprint density at radius 2 is 2.29 bits per heavy atom. The largest absolute Gasteiger partial charge is 0.449 e. The lowest BCUT2D eigenvalue weighted by Crippen LogP contribution is -2.57. The van der Waals surface area contributed by atoms with Crippen LogP contribution in [0.15, 0.2) is 11.8 Å². The zero-order valence-corrected chi connectivity index (χ0v) is 9.09. The number of allylic oxidation sites excluding steroid dienone is 1. The number of hydrogen-bond donors (Lipinski definition) is 1. The number of carbonyl (C=O) groups is 1. The van der Waals surface area contributed by atoms with Gasteiger partial charge in [-0.15, -0.1) is 0 Å². The predicted octanol–water partition coefficient (Wildman–Crippen LogP) is 1.38. The molecule has 1 atom stereocenters. The molecule has 80 valence electrons. The maximum atomic E-state index is 11.3. The molecule has 0 bridgehead atoms. The summed E-state index contributed by atoms with van der Waals surface area (Å²) in [5.74, 6) is -0.535. The topological polar surface area (TPSA) is 47.6 Å². The lowest BCUT2D eigenvalue weighted by Gasteiger charge is -2.39. The first-order valence-electron chi connectivity index (χ1n) is 4.83. The van der Waals surface area contributed by atoms with E-state index in [-0.39, 0.29) is 11.8 Å². The first-order chi connectivity index (χ1) is 6.50. The Bertz CT molecular complexity index is 260. The van der Waals surface area contributed by atoms with Gasteiger partial charge in [-0.1, -0.05) is 13.8 Å². The van der Waals surface area contributed by atoms with Gasteiger partial charge in [0, 0.05) is 12.0 Å². The van der Waals surface area contributed by atoms with Crippen molar-refractivity contribution in [2.24, 2.45) is 5.92 Å². The fraction of sp³-hybridized carbons (Fsp3) is 0.700. The van der Waals surface area contributed by atoms with E-state index in [1.54, 1.807) is 6.92 Å². The van der Waals surface area contributed by atoms with Crippen molar-refractivity contribution in [1.29, 1.82) is 0 Å². The molecule has 0 radical (unpaired) electrons. The quantitative estimate of drug-likeness (QED) is 0.747. The Kier molecular flexibility index (Phi) is 3.16. The van der Waals surface area contributed by atoms with Gasteiger partial charge < -0.3 is 9.47 Å². The maximum Gasteiger partial charge on any atom is 0.296 e. The first-order valence-corrected chi connectivity index (χ1v) is 4.83. The standard InChI is InChI=1S/C10H17NO3/c1-5-13-10(7(2)3)11-9(12)6-8(4)14-10/h6-7H,5H2,1-4H3,(H,11,12). The SMILES string of the molecule is CCOC1(C(C)C)NC(=O)C=C(C)O1. The van der Waals surface area contributed by atoms with Crippen LogP contribution in [0.4, 0.5) is 0 Å². The van der Waals surface area contributed by atoms with E-state index in [2.05, 4.69) is 5.32 Å². The summed E-state index contributed by atoms with van der Waals surface area (Å²) in [7, 11) is 0. The van der Waals surface area contributed by atoms with Gasteiger partial charge in [0.05, 0.1) is 6.61 Å². The summed E-state index contributed by atoms with van der Waals surface area (Å²) >= 11 is 0. The van der Waals surface area contributed by atoms with Crippen LogP contribution < -0.4 is 5.32 Å². The first kappa shape index (κ1) is 11.0. The lowest BCUT2D eigenvalue weighted by molar-refractivity contribution is -0.259. The van der Waals surface area contributed by atoms with E-state index in [1.807, 2.05) is 20.8 Å². The van der Waals surface area contributed by atoms with Crippen molar-refractivity contribution in [2.45, 2.75) is 33.6 Å². The Morgan fingerprint density at radius 3 is 2.71 bits per heavy atom. The minimum absolute atomic E-state index is 0.0510. The number of ether oxygens (including phenoxy) is 2. The van der Waals surface area contributed by atoms with Crippen molar-refractivity contribution in [2.75, 3.05) is 6.61 Å². The smallest absolute Gasteiger partial charge is 0.296 e. The van der Waals surface area contributed by atoms with Crippen molar-refractivity contribution in [1.82, 2.24) is 5.32 Å². The van der Waals surface area contributed by atoms with Gasteiger partial charge in [-0.05, 0) is 13.8 Å². The summed E-state index contributed by atoms with van der Waals surface area (Å²) in [6.45, 7) is 7.98. The minimum Gasteiger partial charge on any atom is -0.449 e. The third-order valence-electron chi connectivity index (χ3n) is 2.06. The van der Waals surface area contributed by atoms with E-state index in [0.29, 0.717) is 12.4 Å². The van der Waals surface area contributed by atoms with Crippen LogP contribution in [-0.2, 0) is 14.3 Å². The highest BCUT2D eigenvalue weighted by Crippen LogP contribution is 2.26. The molecule has 1 unspecified atom stereocenters. The molecule has 0 fully saturated rings. The summed E-state index contributed by atoms with van der Waals surface area (Å²) in [6.07, 6.45) is 1.42. The monoisotopic (exact) mass is 199 g/mol. The van der Waals surface area contributed by atoms with E-state index >= 15 is 0 Å². The van der Waals surface area contributed by atoms with E-state index in [0.717, 1.165) is 0 Å². The summed E-state index contributed by atoms with van der Waals surface area (Å²) in [5, 5.41) is 2.70. The van der Waals surface area contributed by atoms with Gasteiger partial charge in [-0.25, -0.2) is 0 Å². The third-order valence-corrected chi connectivity index (χ3v) is 2.06. The Morgan fingerprint density at radius 1 is 1.64 bits per heavy atom. The summed E-state index contributed by atoms with van der Waals surface area (Å²) < 4.78 is 11.0. The van der Waals surface area contributed by atoms with Gasteiger partial charge in [0.25, 0.3) is 11.8 Å². The van der Waals surface area contributed by atoms with E-state index < -0.39 is 5.91 Å². The van der Waals surface area contributed by atoms with E-state index in [1.165, 1.54) is 6.08 Å². The molecule has 4 heteroatoms. The molecule has 1 aliphatic heterocycles. The molecule has 1 rings (SSSR count). The van der Waals surface area contributed by atoms with Crippen molar-refractivity contribution in [3.05, 3.63) is 11.8 Å². The molecule has 1 aliphatic rings. The molecule has 14 heavy (non-hydrogen) atoms. The zero-order valence-electron chi connectivity index (χ0n) is 9.09. The Balaban J connectivity index is 2.90. The van der Waals surface area contributed by atoms with Gasteiger partial charge in [0.15, 0.2) is 0 Å². The number of amides is 1. The van der Waals surface area contributed by atoms with Crippen LogP contribution in [0.25, 0.3) is 0 Å². The maximum absolute atomic E-state index is 11.3. The summed E-state index contributed by atoms with van der Waals surface area (Å²) in [6, 6.07) is 0. The molecule has 1 heterocycles. The highest BCUT2D eigenvalue weighted by Gasteiger charge is 2.41. The average Bonchev–Trinajstić information content (AvgIpc) is 2.02. The molecule has 0 aliphatic carbocycles. The molecular weight excluding hydrogens is 182 g/mol. The van der Waals surface area contributed by atoms with Gasteiger partial charge in [0.2, 0.25) is 0 Å². The molecule has 1 N–H and O–H groups in total. The van der Waals surface area contributed by atoms with Gasteiger partial charge in [0.1, 0.15) is 5.76 Å². The van der Waals surface area contributed by atoms with Crippen molar-refractivity contribution < 1.29 is 14.3 Å².